The zero-order valence-corrected chi connectivity index (χ0v) is 10.9. The number of amides is 1. The molecule has 2 saturated heterocycles. The van der Waals surface area contributed by atoms with Crippen LogP contribution < -0.4 is 10.6 Å². The van der Waals surface area contributed by atoms with Crippen LogP contribution in [0.2, 0.25) is 0 Å². The molecular formula is C11H22BN3O3. The molecule has 2 heterocycles. The summed E-state index contributed by atoms with van der Waals surface area (Å²) < 4.78 is 0. The Morgan fingerprint density at radius 3 is 3.00 bits per heavy atom. The van der Waals surface area contributed by atoms with E-state index in [-0.39, 0.29) is 18.0 Å². The van der Waals surface area contributed by atoms with E-state index in [2.05, 4.69) is 17.6 Å². The molecule has 2 fully saturated rings. The molecule has 6 nitrogen and oxygen atoms in total. The molecule has 4 N–H and O–H groups in total. The Bertz CT molecular complexity index is 308. The third-order valence-electron chi connectivity index (χ3n) is 4.00. The van der Waals surface area contributed by atoms with Crippen molar-refractivity contribution in [1.82, 2.24) is 15.5 Å². The summed E-state index contributed by atoms with van der Waals surface area (Å²) in [4.78, 5) is 13.7. The molecule has 2 aliphatic heterocycles. The van der Waals surface area contributed by atoms with Crippen LogP contribution in [0.5, 0.6) is 0 Å². The van der Waals surface area contributed by atoms with E-state index in [4.69, 9.17) is 0 Å². The van der Waals surface area contributed by atoms with Gasteiger partial charge in [0.25, 0.3) is 0 Å². The summed E-state index contributed by atoms with van der Waals surface area (Å²) in [6, 6.07) is 0. The van der Waals surface area contributed by atoms with Gasteiger partial charge in [0, 0.05) is 18.6 Å². The number of nitrogens with one attached hydrogen (secondary N) is 2. The zero-order valence-electron chi connectivity index (χ0n) is 10.9. The number of rotatable bonds is 4. The van der Waals surface area contributed by atoms with Gasteiger partial charge in [-0.25, -0.2) is 0 Å². The van der Waals surface area contributed by atoms with Crippen molar-refractivity contribution in [1.29, 1.82) is 0 Å². The Balaban J connectivity index is 1.84. The van der Waals surface area contributed by atoms with Crippen LogP contribution in [0.15, 0.2) is 0 Å². The molecule has 2 aliphatic rings. The van der Waals surface area contributed by atoms with Crippen molar-refractivity contribution in [3.63, 3.8) is 0 Å². The minimum atomic E-state index is -1.43. The molecule has 2 rings (SSSR count). The molecule has 2 atom stereocenters. The Kier molecular flexibility index (Phi) is 4.27. The van der Waals surface area contributed by atoms with Crippen molar-refractivity contribution in [2.24, 2.45) is 0 Å². The van der Waals surface area contributed by atoms with E-state index in [1.165, 1.54) is 0 Å². The van der Waals surface area contributed by atoms with Gasteiger partial charge >= 0.3 is 7.12 Å². The number of nitrogens with zero attached hydrogens (tertiary/aromatic N) is 1. The summed E-state index contributed by atoms with van der Waals surface area (Å²) in [7, 11) is -1.43. The van der Waals surface area contributed by atoms with Crippen LogP contribution in [0.1, 0.15) is 26.2 Å². The summed E-state index contributed by atoms with van der Waals surface area (Å²) in [5, 5.41) is 25.0. The smallest absolute Gasteiger partial charge is 0.426 e. The molecule has 0 radical (unpaired) electrons. The first-order valence-corrected chi connectivity index (χ1v) is 6.63. The lowest BCUT2D eigenvalue weighted by atomic mass is 9.78. The van der Waals surface area contributed by atoms with Crippen LogP contribution in [0.4, 0.5) is 0 Å². The van der Waals surface area contributed by atoms with Gasteiger partial charge in [-0.1, -0.05) is 0 Å². The Morgan fingerprint density at radius 2 is 2.39 bits per heavy atom. The molecule has 0 bridgehead atoms. The van der Waals surface area contributed by atoms with Gasteiger partial charge in [0.2, 0.25) is 5.91 Å². The lowest BCUT2D eigenvalue weighted by Crippen LogP contribution is -2.52. The normalized spacial score (nSPS) is 31.9. The summed E-state index contributed by atoms with van der Waals surface area (Å²) in [6.07, 6.45) is 2.52. The SMILES string of the molecule is CC1(NCC(=O)N2CCC[C@H]2B(O)O)CCNC1. The van der Waals surface area contributed by atoms with E-state index in [1.807, 2.05) is 0 Å². The molecular weight excluding hydrogens is 233 g/mol. The molecule has 7 heteroatoms. The minimum absolute atomic E-state index is 0.0251. The quantitative estimate of drug-likeness (QED) is 0.451. The van der Waals surface area contributed by atoms with Crippen LogP contribution in [0.25, 0.3) is 0 Å². The van der Waals surface area contributed by atoms with Gasteiger partial charge in [0.05, 0.1) is 12.5 Å². The van der Waals surface area contributed by atoms with Gasteiger partial charge in [-0.05, 0) is 32.7 Å². The number of hydrogen-bond acceptors (Lipinski definition) is 5. The summed E-state index contributed by atoms with van der Waals surface area (Å²) in [5.74, 6) is -0.479. The minimum Gasteiger partial charge on any atom is -0.426 e. The highest BCUT2D eigenvalue weighted by atomic mass is 16.4. The van der Waals surface area contributed by atoms with Crippen LogP contribution in [-0.2, 0) is 4.79 Å². The molecule has 18 heavy (non-hydrogen) atoms. The van der Waals surface area contributed by atoms with Gasteiger partial charge in [-0.2, -0.15) is 0 Å². The highest BCUT2D eigenvalue weighted by Crippen LogP contribution is 2.18. The second kappa shape index (κ2) is 5.56. The molecule has 0 aliphatic carbocycles. The topological polar surface area (TPSA) is 84.8 Å². The molecule has 0 aromatic carbocycles. The van der Waals surface area contributed by atoms with Gasteiger partial charge in [-0.15, -0.1) is 0 Å². The maximum absolute atomic E-state index is 12.1. The van der Waals surface area contributed by atoms with Gasteiger partial charge in [0.1, 0.15) is 0 Å². The van der Waals surface area contributed by atoms with Crippen molar-refractivity contribution in [2.75, 3.05) is 26.2 Å². The van der Waals surface area contributed by atoms with Crippen molar-refractivity contribution in [3.05, 3.63) is 0 Å². The Labute approximate surface area is 108 Å². The third kappa shape index (κ3) is 3.03. The highest BCUT2D eigenvalue weighted by molar-refractivity contribution is 6.43. The van der Waals surface area contributed by atoms with Crippen molar-refractivity contribution < 1.29 is 14.8 Å². The standard InChI is InChI=1S/C11H22BN3O3/c1-11(4-5-13-8-11)14-7-10(16)15-6-2-3-9(15)12(17)18/h9,13-14,17-18H,2-8H2,1H3/t9-,11?/m0/s1. The number of hydrogen-bond donors (Lipinski definition) is 4. The van der Waals surface area contributed by atoms with Crippen LogP contribution in [0.3, 0.4) is 0 Å². The van der Waals surface area contributed by atoms with Crippen LogP contribution in [-0.4, -0.2) is 65.6 Å². The van der Waals surface area contributed by atoms with Gasteiger partial charge in [0.15, 0.2) is 0 Å². The fourth-order valence-corrected chi connectivity index (χ4v) is 2.77. The summed E-state index contributed by atoms with van der Waals surface area (Å²) in [6.45, 7) is 4.83. The first-order valence-electron chi connectivity index (χ1n) is 6.63. The third-order valence-corrected chi connectivity index (χ3v) is 4.00. The maximum atomic E-state index is 12.1. The first kappa shape index (κ1) is 13.8. The predicted molar refractivity (Wildman–Crippen MR) is 68.8 cm³/mol. The fourth-order valence-electron chi connectivity index (χ4n) is 2.77. The average molecular weight is 255 g/mol. The van der Waals surface area contributed by atoms with Crippen molar-refractivity contribution in [2.45, 2.75) is 37.7 Å². The van der Waals surface area contributed by atoms with E-state index in [9.17, 15) is 14.8 Å². The largest absolute Gasteiger partial charge is 0.475 e. The summed E-state index contributed by atoms with van der Waals surface area (Å²) >= 11 is 0. The van der Waals surface area contributed by atoms with Gasteiger partial charge in [-0.3, -0.25) is 4.79 Å². The summed E-state index contributed by atoms with van der Waals surface area (Å²) in [5.41, 5.74) is -0.0251. The second-order valence-electron chi connectivity index (χ2n) is 5.55. The highest BCUT2D eigenvalue weighted by Gasteiger charge is 2.37. The lowest BCUT2D eigenvalue weighted by Gasteiger charge is -2.28. The molecule has 0 aromatic heterocycles. The van der Waals surface area contributed by atoms with Crippen molar-refractivity contribution >= 4 is 13.0 Å². The molecule has 1 amide bonds. The van der Waals surface area contributed by atoms with E-state index in [0.717, 1.165) is 25.9 Å². The first-order chi connectivity index (χ1) is 8.52. The van der Waals surface area contributed by atoms with Crippen LogP contribution >= 0.6 is 0 Å². The maximum Gasteiger partial charge on any atom is 0.475 e. The monoisotopic (exact) mass is 255 g/mol. The van der Waals surface area contributed by atoms with Gasteiger partial charge < -0.3 is 25.6 Å². The predicted octanol–water partition coefficient (Wildman–Crippen LogP) is -1.67. The zero-order chi connectivity index (χ0) is 13.2. The fraction of sp³-hybridized carbons (Fsp3) is 0.909. The molecule has 1 unspecified atom stereocenters. The Morgan fingerprint density at radius 1 is 1.61 bits per heavy atom. The number of carbonyl (C=O) groups excluding carboxylic acids is 1. The molecule has 0 saturated carbocycles. The van der Waals surface area contributed by atoms with Crippen LogP contribution in [0, 0.1) is 0 Å². The number of carbonyl (C=O) groups is 1. The Hall–Kier alpha value is -0.625. The van der Waals surface area contributed by atoms with E-state index >= 15 is 0 Å². The second-order valence-corrected chi connectivity index (χ2v) is 5.55. The lowest BCUT2D eigenvalue weighted by molar-refractivity contribution is -0.130. The number of likely N-dealkylation sites (tertiary alicyclic amines) is 1. The molecule has 0 spiro atoms. The van der Waals surface area contributed by atoms with E-state index in [0.29, 0.717) is 13.0 Å². The van der Waals surface area contributed by atoms with E-state index < -0.39 is 13.1 Å². The molecule has 0 aromatic rings. The average Bonchev–Trinajstić information content (AvgIpc) is 2.95. The van der Waals surface area contributed by atoms with E-state index in [1.54, 1.807) is 4.90 Å². The molecule has 102 valence electrons. The van der Waals surface area contributed by atoms with Crippen molar-refractivity contribution in [3.8, 4) is 0 Å².